The minimum atomic E-state index is -2.57. The standard InChI is InChI=1S/C43H47ClN9O8P/c1-60-34-23-27(11-12-30(34)47-43-45-24-29(44)39(49-43)46-31-8-4-5-10-35(31)62(2,3)59)50-17-15-26(16-18-50)51-19-21-52(22-20-51)37(55)25-61-33-9-6-7-28-38(33)42(58)53(41(28)57)32-13-14-36(54)48-40(32)56/h4-12,23-24,26,32H,13-22,25H2,1-3H3,(H,48,54,56)(H2,45,46,47,49). The lowest BCUT2D eigenvalue weighted by Gasteiger charge is -2.43. The van der Waals surface area contributed by atoms with Crippen LogP contribution < -0.4 is 35.6 Å². The van der Waals surface area contributed by atoms with Gasteiger partial charge in [0.25, 0.3) is 17.7 Å². The summed E-state index contributed by atoms with van der Waals surface area (Å²) in [5.74, 6) is -1.29. The van der Waals surface area contributed by atoms with Gasteiger partial charge in [-0.1, -0.05) is 29.8 Å². The molecule has 1 atom stereocenters. The van der Waals surface area contributed by atoms with Crippen molar-refractivity contribution < 1.29 is 38.0 Å². The summed E-state index contributed by atoms with van der Waals surface area (Å²) in [6.07, 6.45) is 3.46. The molecule has 3 saturated heterocycles. The largest absolute Gasteiger partial charge is 0.494 e. The molecule has 0 spiro atoms. The van der Waals surface area contributed by atoms with E-state index in [4.69, 9.17) is 21.1 Å². The number of hydrogen-bond donors (Lipinski definition) is 3. The summed E-state index contributed by atoms with van der Waals surface area (Å²) in [5.41, 5.74) is 2.47. The van der Waals surface area contributed by atoms with Crippen LogP contribution in [0, 0.1) is 0 Å². The molecule has 0 saturated carbocycles. The van der Waals surface area contributed by atoms with Crippen LogP contribution in [0.1, 0.15) is 46.4 Å². The number of hydrogen-bond acceptors (Lipinski definition) is 14. The fourth-order valence-electron chi connectivity index (χ4n) is 8.45. The number of anilines is 5. The Morgan fingerprint density at radius 2 is 1.65 bits per heavy atom. The van der Waals surface area contributed by atoms with Crippen LogP contribution in [0.25, 0.3) is 0 Å². The van der Waals surface area contributed by atoms with E-state index in [2.05, 4.69) is 35.7 Å². The number of methoxy groups -OCH3 is 1. The number of halogens is 1. The lowest BCUT2D eigenvalue weighted by atomic mass is 10.0. The van der Waals surface area contributed by atoms with Crippen LogP contribution in [0.2, 0.25) is 5.02 Å². The molecule has 5 heterocycles. The normalized spacial score (nSPS) is 18.7. The zero-order valence-electron chi connectivity index (χ0n) is 34.6. The number of ether oxygens (including phenoxy) is 2. The SMILES string of the molecule is COc1cc(N2CCC(N3CCN(C(=O)COc4cccc5c4C(=O)N(C4CCC(=O)NC4=O)C5=O)CC3)CC2)ccc1Nc1ncc(Cl)c(Nc2ccccc2P(C)(C)=O)n1. The van der Waals surface area contributed by atoms with Gasteiger partial charge in [-0.05, 0) is 69.0 Å². The van der Waals surface area contributed by atoms with Crippen molar-refractivity contribution in [3.8, 4) is 11.5 Å². The first-order chi connectivity index (χ1) is 29.8. The van der Waals surface area contributed by atoms with E-state index >= 15 is 0 Å². The summed E-state index contributed by atoms with van der Waals surface area (Å²) in [5, 5.41) is 9.67. The fraction of sp³-hybridized carbons (Fsp3) is 0.372. The number of fused-ring (bicyclic) bond motifs is 1. The van der Waals surface area contributed by atoms with Gasteiger partial charge in [0.15, 0.2) is 12.4 Å². The van der Waals surface area contributed by atoms with E-state index in [1.54, 1.807) is 31.4 Å². The highest BCUT2D eigenvalue weighted by atomic mass is 35.5. The van der Waals surface area contributed by atoms with Gasteiger partial charge in [0, 0.05) is 68.8 Å². The number of carbonyl (C=O) groups excluding carboxylic acids is 5. The summed E-state index contributed by atoms with van der Waals surface area (Å²) < 4.78 is 24.5. The molecule has 4 aliphatic rings. The van der Waals surface area contributed by atoms with Gasteiger partial charge >= 0.3 is 0 Å². The van der Waals surface area contributed by atoms with Gasteiger partial charge in [-0.15, -0.1) is 0 Å². The van der Waals surface area contributed by atoms with Crippen LogP contribution in [-0.2, 0) is 18.9 Å². The van der Waals surface area contributed by atoms with E-state index in [0.29, 0.717) is 71.4 Å². The zero-order valence-corrected chi connectivity index (χ0v) is 36.2. The van der Waals surface area contributed by atoms with Crippen molar-refractivity contribution in [2.24, 2.45) is 0 Å². The maximum absolute atomic E-state index is 13.4. The minimum Gasteiger partial charge on any atom is -0.494 e. The van der Waals surface area contributed by atoms with Crippen LogP contribution in [0.15, 0.2) is 66.9 Å². The van der Waals surface area contributed by atoms with Crippen LogP contribution in [-0.4, -0.2) is 133 Å². The molecule has 3 N–H and O–H groups in total. The number of rotatable bonds is 12. The van der Waals surface area contributed by atoms with Gasteiger partial charge in [-0.25, -0.2) is 4.98 Å². The first-order valence-electron chi connectivity index (χ1n) is 20.4. The van der Waals surface area contributed by atoms with Crippen LogP contribution in [0.5, 0.6) is 11.5 Å². The molecule has 19 heteroatoms. The molecule has 8 rings (SSSR count). The molecule has 0 bridgehead atoms. The second-order valence-electron chi connectivity index (χ2n) is 15.9. The number of para-hydroxylation sites is 1. The van der Waals surface area contributed by atoms with E-state index in [9.17, 15) is 28.5 Å². The number of carbonyl (C=O) groups is 5. The highest BCUT2D eigenvalue weighted by molar-refractivity contribution is 7.70. The molecule has 62 heavy (non-hydrogen) atoms. The van der Waals surface area contributed by atoms with Gasteiger partial charge in [0.05, 0.1) is 35.8 Å². The van der Waals surface area contributed by atoms with Crippen molar-refractivity contribution >= 4 is 82.4 Å². The Hall–Kier alpha value is -6.03. The molecular formula is C43H47ClN9O8P. The molecule has 4 aromatic rings. The predicted molar refractivity (Wildman–Crippen MR) is 234 cm³/mol. The first-order valence-corrected chi connectivity index (χ1v) is 23.4. The average molecular weight is 884 g/mol. The smallest absolute Gasteiger partial charge is 0.266 e. The lowest BCUT2D eigenvalue weighted by Crippen LogP contribution is -2.55. The Morgan fingerprint density at radius 1 is 0.887 bits per heavy atom. The Bertz CT molecular complexity index is 2480. The lowest BCUT2D eigenvalue weighted by molar-refractivity contribution is -0.136. The fourth-order valence-corrected chi connectivity index (χ4v) is 9.75. The van der Waals surface area contributed by atoms with E-state index in [1.807, 2.05) is 42.5 Å². The minimum absolute atomic E-state index is 0.0123. The zero-order chi connectivity index (χ0) is 43.7. The molecule has 1 aromatic heterocycles. The monoisotopic (exact) mass is 883 g/mol. The number of piperazine rings is 1. The van der Waals surface area contributed by atoms with Crippen LogP contribution in [0.3, 0.4) is 0 Å². The second-order valence-corrected chi connectivity index (χ2v) is 19.5. The highest BCUT2D eigenvalue weighted by Crippen LogP contribution is 2.39. The van der Waals surface area contributed by atoms with E-state index < -0.39 is 36.8 Å². The molecule has 1 unspecified atom stereocenters. The van der Waals surface area contributed by atoms with Gasteiger partial charge in [0.1, 0.15) is 29.7 Å². The third-order valence-electron chi connectivity index (χ3n) is 11.7. The Kier molecular flexibility index (Phi) is 12.2. The maximum Gasteiger partial charge on any atom is 0.266 e. The van der Waals surface area contributed by atoms with Crippen LogP contribution >= 0.6 is 18.7 Å². The molecule has 3 fully saturated rings. The van der Waals surface area contributed by atoms with E-state index in [1.165, 1.54) is 18.3 Å². The van der Waals surface area contributed by atoms with Gasteiger partial charge in [0.2, 0.25) is 17.8 Å². The summed E-state index contributed by atoms with van der Waals surface area (Å²) in [6.45, 7) is 7.30. The number of nitrogens with zero attached hydrogens (tertiary/aromatic N) is 6. The van der Waals surface area contributed by atoms with Crippen molar-refractivity contribution in [3.63, 3.8) is 0 Å². The molecule has 4 aliphatic heterocycles. The topological polar surface area (TPSA) is 196 Å². The average Bonchev–Trinajstić information content (AvgIpc) is 3.52. The molecular weight excluding hydrogens is 837 g/mol. The summed E-state index contributed by atoms with van der Waals surface area (Å²) in [7, 11) is -0.958. The molecule has 5 amide bonds. The third-order valence-corrected chi connectivity index (χ3v) is 13.5. The van der Waals surface area contributed by atoms with Crippen molar-refractivity contribution in [2.45, 2.75) is 37.8 Å². The Labute approximate surface area is 363 Å². The maximum atomic E-state index is 13.4. The van der Waals surface area contributed by atoms with Gasteiger partial charge in [-0.3, -0.25) is 39.1 Å². The van der Waals surface area contributed by atoms with Crippen molar-refractivity contribution in [1.82, 2.24) is 30.0 Å². The summed E-state index contributed by atoms with van der Waals surface area (Å²) in [6, 6.07) is 17.2. The number of benzene rings is 3. The Balaban J connectivity index is 0.820. The summed E-state index contributed by atoms with van der Waals surface area (Å²) >= 11 is 6.47. The predicted octanol–water partition coefficient (Wildman–Crippen LogP) is 4.47. The quantitative estimate of drug-likeness (QED) is 0.133. The Morgan fingerprint density at radius 3 is 2.37 bits per heavy atom. The number of nitrogens with one attached hydrogen (secondary N) is 3. The van der Waals surface area contributed by atoms with Crippen molar-refractivity contribution in [2.75, 3.05) is 81.8 Å². The molecule has 324 valence electrons. The van der Waals surface area contributed by atoms with Crippen molar-refractivity contribution in [1.29, 1.82) is 0 Å². The van der Waals surface area contributed by atoms with Gasteiger partial charge < -0.3 is 34.5 Å². The number of amides is 5. The molecule has 3 aromatic carbocycles. The number of aromatic nitrogens is 2. The summed E-state index contributed by atoms with van der Waals surface area (Å²) in [4.78, 5) is 80.4. The molecule has 0 aliphatic carbocycles. The van der Waals surface area contributed by atoms with E-state index in [-0.39, 0.29) is 42.2 Å². The molecule has 17 nitrogen and oxygen atoms in total. The number of piperidine rings is 2. The third kappa shape index (κ3) is 8.83. The van der Waals surface area contributed by atoms with Gasteiger partial charge in [-0.2, -0.15) is 4.98 Å². The van der Waals surface area contributed by atoms with Crippen molar-refractivity contribution in [3.05, 3.63) is 83.0 Å². The molecule has 0 radical (unpaired) electrons. The first kappa shape index (κ1) is 42.7. The second kappa shape index (κ2) is 17.8. The van der Waals surface area contributed by atoms with E-state index in [0.717, 1.165) is 36.5 Å². The number of imide groups is 2. The highest BCUT2D eigenvalue weighted by Gasteiger charge is 2.46. The van der Waals surface area contributed by atoms with Crippen LogP contribution in [0.4, 0.5) is 28.8 Å².